The number of hydrogen-bond donors (Lipinski definition) is 3. The molecule has 0 bridgehead atoms. The number of nitrogens with one attached hydrogen (secondary N) is 3. The summed E-state index contributed by atoms with van der Waals surface area (Å²) in [6.07, 6.45) is 2.19. The quantitative estimate of drug-likeness (QED) is 0.673. The Morgan fingerprint density at radius 2 is 1.93 bits per heavy atom. The molecule has 1 aliphatic heterocycles. The second kappa shape index (κ2) is 7.44. The minimum Gasteiger partial charge on any atom is -0.323 e. The molecule has 2 fully saturated rings. The van der Waals surface area contributed by atoms with E-state index in [2.05, 4.69) is 15.4 Å². The Hall–Kier alpha value is -2.58. The molecular weight excluding hydrogens is 381 g/mol. The molecule has 3 amide bonds. The van der Waals surface area contributed by atoms with Crippen LogP contribution in [0, 0.1) is 11.7 Å². The molecule has 6 nitrogen and oxygen atoms in total. The van der Waals surface area contributed by atoms with Crippen molar-refractivity contribution in [2.75, 3.05) is 6.54 Å². The molecule has 4 rings (SSSR count). The Balaban J connectivity index is 1.41. The highest BCUT2D eigenvalue weighted by molar-refractivity contribution is 7.83. The highest BCUT2D eigenvalue weighted by Crippen LogP contribution is 2.37. The van der Waals surface area contributed by atoms with E-state index in [1.54, 1.807) is 30.3 Å². The monoisotopic (exact) mass is 401 g/mol. The second-order valence-electron chi connectivity index (χ2n) is 7.12. The van der Waals surface area contributed by atoms with E-state index in [4.69, 9.17) is 0 Å². The van der Waals surface area contributed by atoms with E-state index in [1.165, 1.54) is 12.1 Å². The summed E-state index contributed by atoms with van der Waals surface area (Å²) in [5.41, 5.74) is 0.691. The lowest BCUT2D eigenvalue weighted by atomic mass is 9.87. The number of imide groups is 1. The number of hydrogen-bond acceptors (Lipinski definition) is 3. The summed E-state index contributed by atoms with van der Waals surface area (Å²) in [4.78, 5) is 24.3. The third-order valence-electron chi connectivity index (χ3n) is 5.48. The summed E-state index contributed by atoms with van der Waals surface area (Å²) in [6.45, 7) is 0.353. The molecule has 8 heteroatoms. The molecule has 1 saturated carbocycles. The Kier molecular flexibility index (Phi) is 4.99. The first kappa shape index (κ1) is 18.8. The Morgan fingerprint density at radius 1 is 1.14 bits per heavy atom. The van der Waals surface area contributed by atoms with E-state index in [-0.39, 0.29) is 17.6 Å². The van der Waals surface area contributed by atoms with Crippen molar-refractivity contribution in [3.8, 4) is 11.1 Å². The van der Waals surface area contributed by atoms with E-state index in [0.717, 1.165) is 24.0 Å². The first-order valence-electron chi connectivity index (χ1n) is 9.13. The topological polar surface area (TPSA) is 87.3 Å². The molecule has 2 aromatic rings. The van der Waals surface area contributed by atoms with E-state index >= 15 is 0 Å². The molecule has 146 valence electrons. The minimum atomic E-state index is -1.45. The van der Waals surface area contributed by atoms with Gasteiger partial charge in [0.05, 0.1) is 4.90 Å². The van der Waals surface area contributed by atoms with E-state index < -0.39 is 22.6 Å². The molecule has 3 unspecified atom stereocenters. The molecule has 2 aromatic carbocycles. The van der Waals surface area contributed by atoms with Crippen LogP contribution in [0.25, 0.3) is 11.1 Å². The van der Waals surface area contributed by atoms with Crippen molar-refractivity contribution in [1.82, 2.24) is 15.4 Å². The predicted octanol–water partition coefficient (Wildman–Crippen LogP) is 2.48. The van der Waals surface area contributed by atoms with Gasteiger partial charge in [-0.25, -0.2) is 18.1 Å². The van der Waals surface area contributed by atoms with Crippen molar-refractivity contribution in [3.05, 3.63) is 54.3 Å². The molecule has 28 heavy (non-hydrogen) atoms. The zero-order valence-electron chi connectivity index (χ0n) is 15.0. The van der Waals surface area contributed by atoms with Crippen LogP contribution in [0.15, 0.2) is 53.4 Å². The second-order valence-corrected chi connectivity index (χ2v) is 8.42. The summed E-state index contributed by atoms with van der Waals surface area (Å²) in [7, 11) is -1.45. The van der Waals surface area contributed by atoms with Crippen LogP contribution in [0.1, 0.15) is 19.3 Å². The lowest BCUT2D eigenvalue weighted by molar-refractivity contribution is -0.125. The number of carbonyl (C=O) groups is 2. The van der Waals surface area contributed by atoms with Crippen LogP contribution in [0.5, 0.6) is 0 Å². The molecule has 0 radical (unpaired) electrons. The maximum Gasteiger partial charge on any atom is 0.322 e. The number of urea groups is 1. The molecule has 1 heterocycles. The molecule has 2 aliphatic rings. The van der Waals surface area contributed by atoms with Crippen LogP contribution in [0.2, 0.25) is 0 Å². The highest BCUT2D eigenvalue weighted by Gasteiger charge is 2.54. The molecule has 3 atom stereocenters. The van der Waals surface area contributed by atoms with Crippen LogP contribution < -0.4 is 15.4 Å². The number of amides is 3. The van der Waals surface area contributed by atoms with E-state index in [9.17, 15) is 18.2 Å². The molecule has 1 saturated heterocycles. The first-order chi connectivity index (χ1) is 13.5. The SMILES string of the molecule is O=C1NC(=O)C2(CCCC2CNS(=O)c2ccc(-c3cccc(F)c3)cc2)N1. The number of rotatable bonds is 5. The normalized spacial score (nSPS) is 25.0. The fourth-order valence-electron chi connectivity index (χ4n) is 4.02. The molecule has 3 N–H and O–H groups in total. The van der Waals surface area contributed by atoms with Gasteiger partial charge in [-0.1, -0.05) is 30.7 Å². The number of benzene rings is 2. The molecule has 1 spiro atoms. The predicted molar refractivity (Wildman–Crippen MR) is 103 cm³/mol. The van der Waals surface area contributed by atoms with Crippen molar-refractivity contribution in [2.24, 2.45) is 5.92 Å². The zero-order chi connectivity index (χ0) is 19.7. The van der Waals surface area contributed by atoms with Crippen molar-refractivity contribution in [2.45, 2.75) is 29.7 Å². The van der Waals surface area contributed by atoms with E-state index in [0.29, 0.717) is 17.9 Å². The average Bonchev–Trinajstić information content (AvgIpc) is 3.22. The number of carbonyl (C=O) groups excluding carboxylic acids is 2. The zero-order valence-corrected chi connectivity index (χ0v) is 15.9. The van der Waals surface area contributed by atoms with Gasteiger partial charge in [-0.2, -0.15) is 0 Å². The largest absolute Gasteiger partial charge is 0.323 e. The third-order valence-corrected chi connectivity index (χ3v) is 6.61. The summed E-state index contributed by atoms with van der Waals surface area (Å²) in [6, 6.07) is 12.9. The lowest BCUT2D eigenvalue weighted by Gasteiger charge is -2.28. The molecule has 0 aromatic heterocycles. The van der Waals surface area contributed by atoms with Gasteiger partial charge in [-0.05, 0) is 48.2 Å². The average molecular weight is 401 g/mol. The molecule has 1 aliphatic carbocycles. The Bertz CT molecular complexity index is 950. The van der Waals surface area contributed by atoms with Crippen molar-refractivity contribution >= 4 is 22.9 Å². The lowest BCUT2D eigenvalue weighted by Crippen LogP contribution is -2.52. The fourth-order valence-corrected chi connectivity index (χ4v) is 4.92. The van der Waals surface area contributed by atoms with Crippen molar-refractivity contribution in [1.29, 1.82) is 0 Å². The van der Waals surface area contributed by atoms with Gasteiger partial charge in [0, 0.05) is 12.5 Å². The summed E-state index contributed by atoms with van der Waals surface area (Å²) >= 11 is 0. The Labute approximate surface area is 164 Å². The van der Waals surface area contributed by atoms with Crippen LogP contribution in [0.3, 0.4) is 0 Å². The Morgan fingerprint density at radius 3 is 2.61 bits per heavy atom. The van der Waals surface area contributed by atoms with Gasteiger partial charge in [0.1, 0.15) is 22.3 Å². The smallest absolute Gasteiger partial charge is 0.322 e. The summed E-state index contributed by atoms with van der Waals surface area (Å²) in [5.74, 6) is -0.721. The first-order valence-corrected chi connectivity index (χ1v) is 10.3. The molecular formula is C20H20FN3O3S. The van der Waals surface area contributed by atoms with Gasteiger partial charge in [0.15, 0.2) is 0 Å². The number of halogens is 1. The summed E-state index contributed by atoms with van der Waals surface area (Å²) in [5, 5.41) is 5.06. The summed E-state index contributed by atoms with van der Waals surface area (Å²) < 4.78 is 29.0. The fraction of sp³-hybridized carbons (Fsp3) is 0.300. The standard InChI is InChI=1S/C20H20FN3O3S/c21-16-5-1-3-14(11-16)13-6-8-17(9-7-13)28(27)22-12-15-4-2-10-20(15)18(25)23-19(26)24-20/h1,3,5-9,11,15,22H,2,4,10,12H2,(H2,23,24,25,26). The van der Waals surface area contributed by atoms with E-state index in [1.807, 2.05) is 6.07 Å². The van der Waals surface area contributed by atoms with Crippen LogP contribution in [-0.2, 0) is 15.8 Å². The maximum absolute atomic E-state index is 13.4. The van der Waals surface area contributed by atoms with Gasteiger partial charge in [-0.3, -0.25) is 10.1 Å². The van der Waals surface area contributed by atoms with Gasteiger partial charge < -0.3 is 5.32 Å². The van der Waals surface area contributed by atoms with Crippen LogP contribution >= 0.6 is 0 Å². The minimum absolute atomic E-state index is 0.116. The maximum atomic E-state index is 13.4. The van der Waals surface area contributed by atoms with Crippen LogP contribution in [0.4, 0.5) is 9.18 Å². The van der Waals surface area contributed by atoms with Crippen molar-refractivity contribution < 1.29 is 18.2 Å². The van der Waals surface area contributed by atoms with Gasteiger partial charge in [0.2, 0.25) is 0 Å². The van der Waals surface area contributed by atoms with Crippen molar-refractivity contribution in [3.63, 3.8) is 0 Å². The van der Waals surface area contributed by atoms with Crippen LogP contribution in [-0.4, -0.2) is 28.2 Å². The third kappa shape index (κ3) is 3.45. The van der Waals surface area contributed by atoms with Gasteiger partial charge in [-0.15, -0.1) is 0 Å². The van der Waals surface area contributed by atoms with Gasteiger partial charge >= 0.3 is 6.03 Å². The highest BCUT2D eigenvalue weighted by atomic mass is 32.2. The van der Waals surface area contributed by atoms with Gasteiger partial charge in [0.25, 0.3) is 5.91 Å².